The van der Waals surface area contributed by atoms with Crippen molar-refractivity contribution in [2.45, 2.75) is 38.1 Å². The lowest BCUT2D eigenvalue weighted by Crippen LogP contribution is -2.47. The molecule has 1 N–H and O–H groups in total. The zero-order chi connectivity index (χ0) is 25.9. The third-order valence-corrected chi connectivity index (χ3v) is 7.23. The number of rotatable bonds is 7. The number of carboxylic acids is 1. The van der Waals surface area contributed by atoms with E-state index in [0.29, 0.717) is 66.9 Å². The molecule has 0 spiro atoms. The number of piperazine rings is 1. The molecule has 2 aliphatic rings. The minimum Gasteiger partial charge on any atom is -0.498 e. The van der Waals surface area contributed by atoms with Crippen LogP contribution in [-0.4, -0.2) is 66.8 Å². The predicted molar refractivity (Wildman–Crippen MR) is 133 cm³/mol. The van der Waals surface area contributed by atoms with E-state index in [1.807, 2.05) is 25.7 Å². The number of pyridine rings is 1. The van der Waals surface area contributed by atoms with Crippen LogP contribution in [0.1, 0.15) is 43.4 Å². The van der Waals surface area contributed by atoms with Gasteiger partial charge in [-0.1, -0.05) is 25.6 Å². The summed E-state index contributed by atoms with van der Waals surface area (Å²) in [7, 11) is 1.50. The number of benzene rings is 1. The third kappa shape index (κ3) is 5.01. The highest BCUT2D eigenvalue weighted by atomic mass is 32.2. The van der Waals surface area contributed by atoms with Gasteiger partial charge in [-0.05, 0) is 26.0 Å². The molecule has 11 heteroatoms. The molecule has 9 nitrogen and oxygen atoms in total. The first-order chi connectivity index (χ1) is 16.8. The summed E-state index contributed by atoms with van der Waals surface area (Å²) in [5, 5.41) is 9.89. The van der Waals surface area contributed by atoms with E-state index >= 15 is 4.39 Å². The van der Waals surface area contributed by atoms with Gasteiger partial charge in [0.15, 0.2) is 5.76 Å². The second kappa shape index (κ2) is 11.1. The lowest BCUT2D eigenvalue weighted by atomic mass is 10.1. The Balaban J connectivity index is 0.00000167. The fourth-order valence-electron chi connectivity index (χ4n) is 4.22. The summed E-state index contributed by atoms with van der Waals surface area (Å²) in [6.45, 7) is 10.6. The first-order valence-electron chi connectivity index (χ1n) is 11.4. The number of carbonyl (C=O) groups excluding carboxylic acids is 1. The van der Waals surface area contributed by atoms with Gasteiger partial charge in [-0.2, -0.15) is 0 Å². The lowest BCUT2D eigenvalue weighted by molar-refractivity contribution is -0.125. The normalized spacial score (nSPS) is 18.0. The van der Waals surface area contributed by atoms with Gasteiger partial charge in [0.05, 0.1) is 35.3 Å². The highest BCUT2D eigenvalue weighted by molar-refractivity contribution is 8.00. The number of thioether (sulfide) groups is 1. The summed E-state index contributed by atoms with van der Waals surface area (Å²) in [6, 6.07) is 2.79. The number of hydrogen-bond donors (Lipinski definition) is 1. The van der Waals surface area contributed by atoms with Gasteiger partial charge in [0, 0.05) is 31.6 Å². The average Bonchev–Trinajstić information content (AvgIpc) is 2.84. The zero-order valence-corrected chi connectivity index (χ0v) is 21.3. The van der Waals surface area contributed by atoms with Crippen LogP contribution in [0.3, 0.4) is 0 Å². The smallest absolute Gasteiger partial charge is 0.342 e. The molecule has 0 amide bonds. The standard InChI is InChI=1S/C22H24FN3O6S.C2H6/c1-12(31-3)18(32-11-27)10-24-4-6-25(7-5-24)17-9-16-14(8-15(17)23)20(28)19(22(29)30)21-26(16)13(2)33-21;1-2/h8-9,11,13H,4-7,10H2,1-3H3,(H,29,30);1-2H3. The van der Waals surface area contributed by atoms with E-state index in [4.69, 9.17) is 9.47 Å². The maximum atomic E-state index is 15.1. The van der Waals surface area contributed by atoms with Crippen LogP contribution in [0.5, 0.6) is 0 Å². The minimum atomic E-state index is -1.30. The summed E-state index contributed by atoms with van der Waals surface area (Å²) in [6.07, 6.45) is 0. The number of ether oxygens (including phenoxy) is 2. The van der Waals surface area contributed by atoms with Crippen molar-refractivity contribution in [2.75, 3.05) is 44.7 Å². The molecule has 1 atom stereocenters. The molecule has 0 saturated carbocycles. The highest BCUT2D eigenvalue weighted by Gasteiger charge is 2.33. The van der Waals surface area contributed by atoms with Crippen molar-refractivity contribution in [3.8, 4) is 0 Å². The number of aromatic carboxylic acids is 1. The Hall–Kier alpha value is -3.05. The Kier molecular flexibility index (Phi) is 8.44. The van der Waals surface area contributed by atoms with Gasteiger partial charge in [-0.15, -0.1) is 0 Å². The van der Waals surface area contributed by atoms with Crippen LogP contribution < -0.4 is 10.3 Å². The van der Waals surface area contributed by atoms with Crippen molar-refractivity contribution < 1.29 is 28.6 Å². The predicted octanol–water partition coefficient (Wildman–Crippen LogP) is 3.66. The van der Waals surface area contributed by atoms with E-state index in [9.17, 15) is 19.5 Å². The van der Waals surface area contributed by atoms with E-state index in [1.54, 1.807) is 17.6 Å². The van der Waals surface area contributed by atoms with Crippen molar-refractivity contribution in [3.63, 3.8) is 0 Å². The van der Waals surface area contributed by atoms with Gasteiger partial charge < -0.3 is 24.0 Å². The number of hydrogen-bond acceptors (Lipinski definition) is 8. The van der Waals surface area contributed by atoms with Crippen LogP contribution >= 0.6 is 11.8 Å². The lowest BCUT2D eigenvalue weighted by Gasteiger charge is -2.37. The molecule has 1 saturated heterocycles. The first kappa shape index (κ1) is 26.6. The minimum absolute atomic E-state index is 0.0524. The number of fused-ring (bicyclic) bond motifs is 3. The summed E-state index contributed by atoms with van der Waals surface area (Å²) in [4.78, 5) is 39.1. The number of carbonyl (C=O) groups is 2. The number of allylic oxidation sites excluding steroid dienone is 1. The Morgan fingerprint density at radius 1 is 1.26 bits per heavy atom. The second-order valence-electron chi connectivity index (χ2n) is 7.88. The van der Waals surface area contributed by atoms with Crippen LogP contribution in [0, 0.1) is 5.82 Å². The van der Waals surface area contributed by atoms with Crippen LogP contribution in [0.25, 0.3) is 10.9 Å². The van der Waals surface area contributed by atoms with Gasteiger partial charge in [-0.25, -0.2) is 9.18 Å². The van der Waals surface area contributed by atoms with E-state index in [-0.39, 0.29) is 16.3 Å². The number of aromatic nitrogens is 1. The molecule has 190 valence electrons. The maximum absolute atomic E-state index is 15.1. The molecule has 4 rings (SSSR count). The number of nitrogens with zero attached hydrogens (tertiary/aromatic N) is 3. The van der Waals surface area contributed by atoms with E-state index in [1.165, 1.54) is 18.9 Å². The van der Waals surface area contributed by atoms with E-state index < -0.39 is 17.2 Å². The van der Waals surface area contributed by atoms with Crippen LogP contribution in [0.2, 0.25) is 0 Å². The average molecular weight is 508 g/mol. The Labute approximate surface area is 207 Å². The largest absolute Gasteiger partial charge is 0.498 e. The van der Waals surface area contributed by atoms with Crippen molar-refractivity contribution in [3.05, 3.63) is 45.3 Å². The molecule has 1 aromatic carbocycles. The van der Waals surface area contributed by atoms with Gasteiger partial charge >= 0.3 is 5.97 Å². The molecule has 0 aliphatic carbocycles. The van der Waals surface area contributed by atoms with Crippen molar-refractivity contribution >= 4 is 40.8 Å². The maximum Gasteiger partial charge on any atom is 0.342 e. The monoisotopic (exact) mass is 507 g/mol. The molecule has 1 unspecified atom stereocenters. The van der Waals surface area contributed by atoms with Gasteiger partial charge in [0.25, 0.3) is 6.47 Å². The van der Waals surface area contributed by atoms with Crippen molar-refractivity contribution in [2.24, 2.45) is 0 Å². The molecule has 1 aromatic heterocycles. The molecule has 0 radical (unpaired) electrons. The Morgan fingerprint density at radius 2 is 1.91 bits per heavy atom. The SMILES string of the molecule is CC.COC(C)=C(CN1CCN(c2cc3c(cc2F)c(=O)c(C(=O)O)c2n3C(C)S2)CC1)OC=O. The molecule has 1 fully saturated rings. The first-order valence-corrected chi connectivity index (χ1v) is 12.3. The Morgan fingerprint density at radius 3 is 2.46 bits per heavy atom. The molecule has 35 heavy (non-hydrogen) atoms. The molecular formula is C24H30FN3O6S. The summed E-state index contributed by atoms with van der Waals surface area (Å²) < 4.78 is 27.1. The number of methoxy groups -OCH3 is 1. The van der Waals surface area contributed by atoms with Crippen molar-refractivity contribution in [1.29, 1.82) is 0 Å². The fourth-order valence-corrected chi connectivity index (χ4v) is 5.37. The van der Waals surface area contributed by atoms with Crippen LogP contribution in [0.4, 0.5) is 10.1 Å². The molecule has 2 aromatic rings. The molecular weight excluding hydrogens is 477 g/mol. The van der Waals surface area contributed by atoms with Crippen LogP contribution in [0.15, 0.2) is 33.5 Å². The second-order valence-corrected chi connectivity index (χ2v) is 9.19. The Bertz CT molecular complexity index is 1220. The van der Waals surface area contributed by atoms with E-state index in [2.05, 4.69) is 4.90 Å². The highest BCUT2D eigenvalue weighted by Crippen LogP contribution is 2.46. The summed E-state index contributed by atoms with van der Waals surface area (Å²) >= 11 is 1.31. The molecule has 3 heterocycles. The summed E-state index contributed by atoms with van der Waals surface area (Å²) in [5.74, 6) is -0.927. The molecule has 2 aliphatic heterocycles. The molecule has 0 bridgehead atoms. The number of halogens is 1. The van der Waals surface area contributed by atoms with Crippen molar-refractivity contribution in [1.82, 2.24) is 9.47 Å². The topological polar surface area (TPSA) is 101 Å². The summed E-state index contributed by atoms with van der Waals surface area (Å²) in [5.41, 5.74) is -0.0673. The quantitative estimate of drug-likeness (QED) is 0.444. The zero-order valence-electron chi connectivity index (χ0n) is 20.5. The van der Waals surface area contributed by atoms with Gasteiger partial charge in [0.1, 0.15) is 17.1 Å². The fraction of sp³-hybridized carbons (Fsp3) is 0.458. The number of anilines is 1. The number of carboxylic acid groups (broad SMARTS) is 1. The van der Waals surface area contributed by atoms with Crippen LogP contribution in [-0.2, 0) is 14.3 Å². The third-order valence-electron chi connectivity index (χ3n) is 6.06. The van der Waals surface area contributed by atoms with Gasteiger partial charge in [0.2, 0.25) is 5.43 Å². The van der Waals surface area contributed by atoms with Gasteiger partial charge in [-0.3, -0.25) is 14.5 Å². The van der Waals surface area contributed by atoms with E-state index in [0.717, 1.165) is 6.07 Å².